The van der Waals surface area contributed by atoms with Gasteiger partial charge in [0, 0.05) is 27.5 Å². The molecule has 0 aliphatic carbocycles. The molecule has 0 amide bonds. The van der Waals surface area contributed by atoms with Gasteiger partial charge in [-0.25, -0.2) is 9.97 Å². The van der Waals surface area contributed by atoms with Crippen LogP contribution in [0.1, 0.15) is 50.3 Å². The van der Waals surface area contributed by atoms with Gasteiger partial charge < -0.3 is 0 Å². The van der Waals surface area contributed by atoms with Crippen molar-refractivity contribution in [3.05, 3.63) is 108 Å². The van der Waals surface area contributed by atoms with E-state index < -0.39 is 0 Å². The van der Waals surface area contributed by atoms with Crippen LogP contribution in [0.25, 0.3) is 22.2 Å². The number of aromatic nitrogens is 2. The molecule has 0 fully saturated rings. The van der Waals surface area contributed by atoms with Crippen LogP contribution in [0.5, 0.6) is 0 Å². The van der Waals surface area contributed by atoms with Gasteiger partial charge in [-0.05, 0) is 59.0 Å². The van der Waals surface area contributed by atoms with E-state index in [-0.39, 0.29) is 5.41 Å². The molecule has 0 bridgehead atoms. The van der Waals surface area contributed by atoms with Gasteiger partial charge in [0.05, 0.1) is 22.6 Å². The highest BCUT2D eigenvalue weighted by atomic mass is 32.1. The molecule has 2 aromatic heterocycles. The molecule has 6 rings (SSSR count). The first-order chi connectivity index (χ1) is 17.3. The molecule has 4 heteroatoms. The average molecular weight is 488 g/mol. The number of benzene rings is 3. The first kappa shape index (κ1) is 22.8. The maximum Gasteiger partial charge on any atom is 0.137 e. The van der Waals surface area contributed by atoms with Crippen molar-refractivity contribution in [2.45, 2.75) is 43.9 Å². The van der Waals surface area contributed by atoms with Crippen molar-refractivity contribution in [3.63, 3.8) is 0 Å². The molecular weight excluding hydrogens is 458 g/mol. The molecule has 0 saturated heterocycles. The lowest BCUT2D eigenvalue weighted by atomic mass is 9.73. The number of thiol groups is 1. The van der Waals surface area contributed by atoms with Crippen molar-refractivity contribution >= 4 is 40.7 Å². The van der Waals surface area contributed by atoms with Gasteiger partial charge in [0.2, 0.25) is 0 Å². The SMILES string of the molecule is CC(C)c1ccnc(N2c3ccccc3C(C)(C)c3ccc(-c4ccc5cccc(S)c5n4)cc32)c1. The van der Waals surface area contributed by atoms with Crippen LogP contribution in [0, 0.1) is 0 Å². The smallest absolute Gasteiger partial charge is 0.137 e. The summed E-state index contributed by atoms with van der Waals surface area (Å²) in [7, 11) is 0. The van der Waals surface area contributed by atoms with E-state index in [2.05, 4.69) is 118 Å². The van der Waals surface area contributed by atoms with E-state index in [1.807, 2.05) is 18.3 Å². The molecule has 0 radical (unpaired) electrons. The van der Waals surface area contributed by atoms with Gasteiger partial charge in [-0.2, -0.15) is 0 Å². The van der Waals surface area contributed by atoms with Gasteiger partial charge >= 0.3 is 0 Å². The molecule has 3 nitrogen and oxygen atoms in total. The van der Waals surface area contributed by atoms with Crippen molar-refractivity contribution < 1.29 is 0 Å². The minimum Gasteiger partial charge on any atom is -0.294 e. The molecule has 0 unspecified atom stereocenters. The van der Waals surface area contributed by atoms with Gasteiger partial charge in [-0.3, -0.25) is 4.90 Å². The van der Waals surface area contributed by atoms with Crippen LogP contribution in [0.4, 0.5) is 17.2 Å². The Morgan fingerprint density at radius 3 is 2.44 bits per heavy atom. The van der Waals surface area contributed by atoms with E-state index in [1.165, 1.54) is 22.4 Å². The third kappa shape index (κ3) is 3.59. The normalized spacial score (nSPS) is 14.1. The fourth-order valence-corrected chi connectivity index (χ4v) is 5.60. The van der Waals surface area contributed by atoms with E-state index in [0.29, 0.717) is 5.92 Å². The highest BCUT2D eigenvalue weighted by molar-refractivity contribution is 7.80. The van der Waals surface area contributed by atoms with E-state index in [4.69, 9.17) is 9.97 Å². The zero-order valence-electron chi connectivity index (χ0n) is 21.0. The summed E-state index contributed by atoms with van der Waals surface area (Å²) >= 11 is 4.65. The van der Waals surface area contributed by atoms with Crippen LogP contribution in [-0.4, -0.2) is 9.97 Å². The Kier molecular flexibility index (Phi) is 5.38. The topological polar surface area (TPSA) is 29.0 Å². The van der Waals surface area contributed by atoms with E-state index in [9.17, 15) is 0 Å². The third-order valence-corrected chi connectivity index (χ3v) is 7.75. The second-order valence-electron chi connectivity index (χ2n) is 10.4. The lowest BCUT2D eigenvalue weighted by Crippen LogP contribution is -2.31. The Bertz CT molecular complexity index is 1620. The summed E-state index contributed by atoms with van der Waals surface area (Å²) in [6.07, 6.45) is 1.93. The second-order valence-corrected chi connectivity index (χ2v) is 10.8. The van der Waals surface area contributed by atoms with Crippen LogP contribution >= 0.6 is 12.6 Å². The summed E-state index contributed by atoms with van der Waals surface area (Å²) in [5.41, 5.74) is 8.95. The molecule has 1 aliphatic heterocycles. The molecule has 3 heterocycles. The quantitative estimate of drug-likeness (QED) is 0.258. The fourth-order valence-electron chi connectivity index (χ4n) is 5.33. The Hall–Kier alpha value is -3.63. The van der Waals surface area contributed by atoms with Crippen LogP contribution in [0.3, 0.4) is 0 Å². The highest BCUT2D eigenvalue weighted by Gasteiger charge is 2.37. The predicted octanol–water partition coefficient (Wildman–Crippen LogP) is 8.82. The first-order valence-electron chi connectivity index (χ1n) is 12.4. The summed E-state index contributed by atoms with van der Waals surface area (Å²) < 4.78 is 0. The zero-order valence-corrected chi connectivity index (χ0v) is 21.9. The number of anilines is 3. The molecule has 0 N–H and O–H groups in total. The standard InChI is InChI=1S/C32H29N3S/c1-20(2)22-16-17-33-30(19-22)35-27-10-6-5-9-24(27)32(3,4)25-14-12-23(18-28(25)35)26-15-13-21-8-7-11-29(36)31(21)34-26/h5-20,36H,1-4H3. The van der Waals surface area contributed by atoms with Crippen LogP contribution in [0.2, 0.25) is 0 Å². The Morgan fingerprint density at radius 2 is 1.61 bits per heavy atom. The second kappa shape index (κ2) is 8.49. The van der Waals surface area contributed by atoms with Crippen LogP contribution in [0.15, 0.2) is 96.0 Å². The van der Waals surface area contributed by atoms with Gasteiger partial charge in [-0.15, -0.1) is 12.6 Å². The molecule has 5 aromatic rings. The van der Waals surface area contributed by atoms with E-state index >= 15 is 0 Å². The van der Waals surface area contributed by atoms with Crippen molar-refractivity contribution in [1.29, 1.82) is 0 Å². The van der Waals surface area contributed by atoms with Gasteiger partial charge in [0.15, 0.2) is 0 Å². The van der Waals surface area contributed by atoms with Gasteiger partial charge in [0.25, 0.3) is 0 Å². The summed E-state index contributed by atoms with van der Waals surface area (Å²) in [6, 6.07) is 30.1. The molecule has 178 valence electrons. The van der Waals surface area contributed by atoms with Crippen LogP contribution in [-0.2, 0) is 5.41 Å². The molecule has 3 aromatic carbocycles. The summed E-state index contributed by atoms with van der Waals surface area (Å²) in [6.45, 7) is 9.06. The Labute approximate surface area is 218 Å². The van der Waals surface area contributed by atoms with Crippen molar-refractivity contribution in [2.75, 3.05) is 4.90 Å². The third-order valence-electron chi connectivity index (χ3n) is 7.39. The molecule has 36 heavy (non-hydrogen) atoms. The Morgan fingerprint density at radius 1 is 0.806 bits per heavy atom. The van der Waals surface area contributed by atoms with E-state index in [1.54, 1.807) is 0 Å². The van der Waals surface area contributed by atoms with Gasteiger partial charge in [0.1, 0.15) is 5.82 Å². The Balaban J connectivity index is 1.59. The van der Waals surface area contributed by atoms with E-state index in [0.717, 1.165) is 38.6 Å². The molecular formula is C32H29N3S. The number of hydrogen-bond acceptors (Lipinski definition) is 4. The average Bonchev–Trinajstić information content (AvgIpc) is 2.89. The number of hydrogen-bond donors (Lipinski definition) is 1. The molecule has 0 spiro atoms. The summed E-state index contributed by atoms with van der Waals surface area (Å²) in [5, 5.41) is 1.09. The number of fused-ring (bicyclic) bond motifs is 3. The number of rotatable bonds is 3. The van der Waals surface area contributed by atoms with Crippen molar-refractivity contribution in [1.82, 2.24) is 9.97 Å². The van der Waals surface area contributed by atoms with Crippen molar-refractivity contribution in [2.24, 2.45) is 0 Å². The first-order valence-corrected chi connectivity index (χ1v) is 12.9. The minimum atomic E-state index is -0.147. The van der Waals surface area contributed by atoms with Gasteiger partial charge in [-0.1, -0.05) is 76.2 Å². The summed E-state index contributed by atoms with van der Waals surface area (Å²) in [5.74, 6) is 1.36. The molecule has 0 atom stereocenters. The molecule has 0 saturated carbocycles. The number of para-hydroxylation sites is 2. The maximum absolute atomic E-state index is 5.00. The van der Waals surface area contributed by atoms with Crippen molar-refractivity contribution in [3.8, 4) is 11.3 Å². The monoisotopic (exact) mass is 487 g/mol. The zero-order chi connectivity index (χ0) is 25.0. The van der Waals surface area contributed by atoms with Crippen LogP contribution < -0.4 is 4.90 Å². The minimum absolute atomic E-state index is 0.147. The lowest BCUT2D eigenvalue weighted by Gasteiger charge is -2.41. The summed E-state index contributed by atoms with van der Waals surface area (Å²) in [4.78, 5) is 13.0. The number of nitrogens with zero attached hydrogens (tertiary/aromatic N) is 3. The number of pyridine rings is 2. The fraction of sp³-hybridized carbons (Fsp3) is 0.188. The molecule has 1 aliphatic rings. The predicted molar refractivity (Wildman–Crippen MR) is 153 cm³/mol. The maximum atomic E-state index is 5.00. The lowest BCUT2D eigenvalue weighted by molar-refractivity contribution is 0.631. The highest BCUT2D eigenvalue weighted by Crippen LogP contribution is 2.52. The largest absolute Gasteiger partial charge is 0.294 e.